The number of hydrogen-bond acceptors (Lipinski definition) is 4. The molecular weight excluding hydrogens is 342 g/mol. The van der Waals surface area contributed by atoms with Crippen LogP contribution < -0.4 is 14.8 Å². The Labute approximate surface area is 136 Å². The fraction of sp³-hybridized carbons (Fsp3) is 0.133. The van der Waals surface area contributed by atoms with Crippen molar-refractivity contribution in [1.82, 2.24) is 0 Å². The summed E-state index contributed by atoms with van der Waals surface area (Å²) in [6.45, 7) is 1.57. The number of nitrogens with one attached hydrogen (secondary N) is 2. The number of rotatable bonds is 3. The lowest BCUT2D eigenvalue weighted by atomic mass is 10.2. The third-order valence-electron chi connectivity index (χ3n) is 3.35. The number of ether oxygens (including phenoxy) is 1. The summed E-state index contributed by atoms with van der Waals surface area (Å²) in [5.41, 5.74) is 0.280. The van der Waals surface area contributed by atoms with Gasteiger partial charge in [0.25, 0.3) is 15.9 Å². The number of carbonyl (C=O) groups is 1. The predicted molar refractivity (Wildman–Crippen MR) is 82.3 cm³/mol. The van der Waals surface area contributed by atoms with Crippen LogP contribution in [0.4, 0.5) is 20.2 Å². The van der Waals surface area contributed by atoms with E-state index in [1.54, 1.807) is 6.92 Å². The zero-order valence-corrected chi connectivity index (χ0v) is 13.2. The first-order valence-electron chi connectivity index (χ1n) is 6.86. The maximum Gasteiger partial charge on any atom is 0.267 e. The molecule has 1 heterocycles. The van der Waals surface area contributed by atoms with E-state index in [2.05, 4.69) is 10.0 Å². The van der Waals surface area contributed by atoms with E-state index >= 15 is 0 Å². The number of halogens is 2. The lowest BCUT2D eigenvalue weighted by molar-refractivity contribution is -0.122. The number of fused-ring (bicyclic) bond motifs is 1. The van der Waals surface area contributed by atoms with Gasteiger partial charge in [-0.2, -0.15) is 0 Å². The summed E-state index contributed by atoms with van der Waals surface area (Å²) < 4.78 is 59.2. The highest BCUT2D eigenvalue weighted by atomic mass is 32.2. The Morgan fingerprint density at radius 3 is 2.50 bits per heavy atom. The molecule has 2 aromatic carbocycles. The Hall–Kier alpha value is -2.68. The summed E-state index contributed by atoms with van der Waals surface area (Å²) in [4.78, 5) is 10.5. The van der Waals surface area contributed by atoms with Crippen LogP contribution in [0.3, 0.4) is 0 Å². The molecule has 0 spiro atoms. The summed E-state index contributed by atoms with van der Waals surface area (Å²) in [7, 11) is -4.48. The van der Waals surface area contributed by atoms with Crippen molar-refractivity contribution >= 4 is 27.3 Å². The zero-order valence-electron chi connectivity index (χ0n) is 12.3. The van der Waals surface area contributed by atoms with Gasteiger partial charge in [0, 0.05) is 0 Å². The van der Waals surface area contributed by atoms with Gasteiger partial charge in [0.15, 0.2) is 11.0 Å². The van der Waals surface area contributed by atoms with Crippen LogP contribution in [0, 0.1) is 11.6 Å². The summed E-state index contributed by atoms with van der Waals surface area (Å²) >= 11 is 0. The van der Waals surface area contributed by atoms with Gasteiger partial charge in [0.05, 0.1) is 11.4 Å². The summed E-state index contributed by atoms with van der Waals surface area (Å²) in [6.07, 6.45) is -0.674. The van der Waals surface area contributed by atoms with E-state index in [1.807, 2.05) is 0 Å². The first kappa shape index (κ1) is 16.2. The maximum absolute atomic E-state index is 13.7. The number of amides is 1. The van der Waals surface area contributed by atoms with Gasteiger partial charge in [-0.25, -0.2) is 17.2 Å². The first-order chi connectivity index (χ1) is 11.3. The van der Waals surface area contributed by atoms with Crippen molar-refractivity contribution in [3.63, 3.8) is 0 Å². The third-order valence-corrected chi connectivity index (χ3v) is 4.78. The van der Waals surface area contributed by atoms with Crippen LogP contribution in [-0.4, -0.2) is 20.4 Å². The Morgan fingerprint density at radius 2 is 1.83 bits per heavy atom. The van der Waals surface area contributed by atoms with Crippen molar-refractivity contribution in [3.05, 3.63) is 48.0 Å². The van der Waals surface area contributed by atoms with Gasteiger partial charge in [-0.05, 0) is 37.3 Å². The van der Waals surface area contributed by atoms with Crippen molar-refractivity contribution in [2.24, 2.45) is 0 Å². The second-order valence-corrected chi connectivity index (χ2v) is 6.74. The minimum Gasteiger partial charge on any atom is -0.479 e. The molecule has 0 aliphatic carbocycles. The monoisotopic (exact) mass is 354 g/mol. The molecule has 1 aliphatic heterocycles. The van der Waals surface area contributed by atoms with E-state index in [4.69, 9.17) is 4.74 Å². The maximum atomic E-state index is 13.7. The van der Waals surface area contributed by atoms with Crippen molar-refractivity contribution in [2.45, 2.75) is 17.9 Å². The molecule has 24 heavy (non-hydrogen) atoms. The van der Waals surface area contributed by atoms with Crippen LogP contribution in [0.1, 0.15) is 6.92 Å². The van der Waals surface area contributed by atoms with E-state index in [0.29, 0.717) is 5.75 Å². The zero-order chi connectivity index (χ0) is 17.5. The number of sulfonamides is 1. The van der Waals surface area contributed by atoms with E-state index in [-0.39, 0.29) is 17.3 Å². The predicted octanol–water partition coefficient (Wildman–Crippen LogP) is 2.49. The van der Waals surface area contributed by atoms with Gasteiger partial charge in [-0.3, -0.25) is 9.52 Å². The van der Waals surface area contributed by atoms with E-state index in [1.165, 1.54) is 18.2 Å². The number of hydrogen-bond donors (Lipinski definition) is 2. The lowest BCUT2D eigenvalue weighted by Crippen LogP contribution is -2.34. The van der Waals surface area contributed by atoms with Gasteiger partial charge in [0.1, 0.15) is 17.4 Å². The molecule has 9 heteroatoms. The molecule has 126 valence electrons. The molecule has 0 saturated carbocycles. The highest BCUT2D eigenvalue weighted by Crippen LogP contribution is 2.33. The highest BCUT2D eigenvalue weighted by molar-refractivity contribution is 7.92. The van der Waals surface area contributed by atoms with Gasteiger partial charge < -0.3 is 10.1 Å². The first-order valence-corrected chi connectivity index (χ1v) is 8.34. The molecule has 0 bridgehead atoms. The molecule has 1 aliphatic rings. The van der Waals surface area contributed by atoms with Crippen LogP contribution >= 0.6 is 0 Å². The quantitative estimate of drug-likeness (QED) is 0.887. The van der Waals surface area contributed by atoms with Crippen molar-refractivity contribution in [2.75, 3.05) is 10.0 Å². The Kier molecular flexibility index (Phi) is 3.88. The second-order valence-electron chi connectivity index (χ2n) is 5.12. The molecule has 1 amide bonds. The lowest BCUT2D eigenvalue weighted by Gasteiger charge is -2.23. The SMILES string of the molecule is C[C@@H]1Oc2ccc(NS(=O)(=O)c3c(F)cccc3F)cc2NC1=O. The highest BCUT2D eigenvalue weighted by Gasteiger charge is 2.26. The van der Waals surface area contributed by atoms with E-state index in [0.717, 1.165) is 18.2 Å². The van der Waals surface area contributed by atoms with Crippen molar-refractivity contribution < 1.29 is 26.7 Å². The van der Waals surface area contributed by atoms with Gasteiger partial charge in [0.2, 0.25) is 0 Å². The van der Waals surface area contributed by atoms with Crippen LogP contribution in [0.2, 0.25) is 0 Å². The fourth-order valence-electron chi connectivity index (χ4n) is 2.22. The normalized spacial score (nSPS) is 16.8. The second kappa shape index (κ2) is 5.75. The van der Waals surface area contributed by atoms with Crippen LogP contribution in [-0.2, 0) is 14.8 Å². The molecule has 6 nitrogen and oxygen atoms in total. The molecule has 2 N–H and O–H groups in total. The smallest absolute Gasteiger partial charge is 0.267 e. The van der Waals surface area contributed by atoms with Crippen molar-refractivity contribution in [3.8, 4) is 5.75 Å². The third kappa shape index (κ3) is 2.90. The fourth-order valence-corrected chi connectivity index (χ4v) is 3.41. The standard InChI is InChI=1S/C15H12F2N2O4S/c1-8-15(20)18-12-7-9(5-6-13(12)23-8)19-24(21,22)14-10(16)3-2-4-11(14)17/h2-8,19H,1H3,(H,18,20)/t8-/m0/s1. The molecule has 0 radical (unpaired) electrons. The molecule has 0 aromatic heterocycles. The molecule has 0 unspecified atom stereocenters. The summed E-state index contributed by atoms with van der Waals surface area (Å²) in [5, 5.41) is 2.55. The van der Waals surface area contributed by atoms with Crippen LogP contribution in [0.5, 0.6) is 5.75 Å². The minimum absolute atomic E-state index is 0.0230. The molecule has 0 saturated heterocycles. The van der Waals surface area contributed by atoms with Gasteiger partial charge in [-0.1, -0.05) is 6.07 Å². The van der Waals surface area contributed by atoms with E-state index in [9.17, 15) is 22.0 Å². The van der Waals surface area contributed by atoms with Crippen LogP contribution in [0.25, 0.3) is 0 Å². The van der Waals surface area contributed by atoms with E-state index < -0.39 is 32.7 Å². The summed E-state index contributed by atoms with van der Waals surface area (Å²) in [6, 6.07) is 6.87. The summed E-state index contributed by atoms with van der Waals surface area (Å²) in [5.74, 6) is -2.43. The number of anilines is 2. The molecule has 3 rings (SSSR count). The molecule has 2 aromatic rings. The van der Waals surface area contributed by atoms with Gasteiger partial charge >= 0.3 is 0 Å². The Bertz CT molecular complexity index is 911. The molecule has 1 atom stereocenters. The number of benzene rings is 2. The van der Waals surface area contributed by atoms with Crippen LogP contribution in [0.15, 0.2) is 41.3 Å². The van der Waals surface area contributed by atoms with Crippen molar-refractivity contribution in [1.29, 1.82) is 0 Å². The van der Waals surface area contributed by atoms with Gasteiger partial charge in [-0.15, -0.1) is 0 Å². The number of carbonyl (C=O) groups excluding carboxylic acids is 1. The average molecular weight is 354 g/mol. The minimum atomic E-state index is -4.48. The molecular formula is C15H12F2N2O4S. The molecule has 0 fully saturated rings. The Balaban J connectivity index is 1.94. The topological polar surface area (TPSA) is 84.5 Å². The largest absolute Gasteiger partial charge is 0.479 e. The average Bonchev–Trinajstić information content (AvgIpc) is 2.48. The Morgan fingerprint density at radius 1 is 1.17 bits per heavy atom.